The molecule has 2 heterocycles. The summed E-state index contributed by atoms with van der Waals surface area (Å²) >= 11 is 0. The Kier molecular flexibility index (Phi) is 4.03. The fourth-order valence-corrected chi connectivity index (χ4v) is 3.19. The highest BCUT2D eigenvalue weighted by molar-refractivity contribution is 5.94. The van der Waals surface area contributed by atoms with Crippen LogP contribution in [0.15, 0.2) is 18.2 Å². The van der Waals surface area contributed by atoms with Crippen LogP contribution in [0, 0.1) is 0 Å². The molecule has 1 atom stereocenters. The minimum Gasteiger partial charge on any atom is -0.396 e. The number of carbonyl (C=O) groups is 1. The van der Waals surface area contributed by atoms with Crippen molar-refractivity contribution in [1.29, 1.82) is 0 Å². The maximum absolute atomic E-state index is 12.7. The number of rotatable bonds is 3. The van der Waals surface area contributed by atoms with Crippen LogP contribution >= 0.6 is 0 Å². The Bertz CT molecular complexity index is 498. The maximum Gasteiger partial charge on any atom is 0.254 e. The van der Waals surface area contributed by atoms with E-state index in [2.05, 4.69) is 0 Å². The topological polar surface area (TPSA) is 49.8 Å². The summed E-state index contributed by atoms with van der Waals surface area (Å²) in [6, 6.07) is 6.06. The molecule has 2 aliphatic rings. The van der Waals surface area contributed by atoms with Gasteiger partial charge in [-0.05, 0) is 48.9 Å². The lowest BCUT2D eigenvalue weighted by atomic mass is 9.97. The monoisotopic (exact) mass is 275 g/mol. The number of hydrogen-bond donors (Lipinski definition) is 1. The van der Waals surface area contributed by atoms with Crippen LogP contribution in [-0.4, -0.2) is 35.1 Å². The Morgan fingerprint density at radius 1 is 1.30 bits per heavy atom. The van der Waals surface area contributed by atoms with Gasteiger partial charge in [-0.15, -0.1) is 0 Å². The zero-order valence-corrected chi connectivity index (χ0v) is 11.7. The first kappa shape index (κ1) is 13.6. The number of carbonyl (C=O) groups excluding carboxylic acids is 1. The molecule has 1 saturated heterocycles. The van der Waals surface area contributed by atoms with Crippen LogP contribution < -0.4 is 0 Å². The third kappa shape index (κ3) is 2.58. The fraction of sp³-hybridized carbons (Fsp3) is 0.562. The zero-order chi connectivity index (χ0) is 13.9. The average molecular weight is 275 g/mol. The van der Waals surface area contributed by atoms with Gasteiger partial charge in [0.05, 0.1) is 13.2 Å². The summed E-state index contributed by atoms with van der Waals surface area (Å²) in [7, 11) is 0. The van der Waals surface area contributed by atoms with Gasteiger partial charge in [0.15, 0.2) is 0 Å². The molecule has 1 N–H and O–H groups in total. The number of aliphatic hydroxyl groups is 1. The predicted octanol–water partition coefficient (Wildman–Crippen LogP) is 2.09. The Hall–Kier alpha value is -1.39. The summed E-state index contributed by atoms with van der Waals surface area (Å²) < 4.78 is 5.40. The predicted molar refractivity (Wildman–Crippen MR) is 75.3 cm³/mol. The molecule has 1 unspecified atom stereocenters. The van der Waals surface area contributed by atoms with E-state index in [1.807, 2.05) is 23.1 Å². The quantitative estimate of drug-likeness (QED) is 0.919. The molecular formula is C16H21NO3. The minimum absolute atomic E-state index is 0.0952. The smallest absolute Gasteiger partial charge is 0.254 e. The number of amides is 1. The highest BCUT2D eigenvalue weighted by Gasteiger charge is 2.27. The van der Waals surface area contributed by atoms with E-state index in [9.17, 15) is 4.79 Å². The lowest BCUT2D eigenvalue weighted by Crippen LogP contribution is -2.44. The van der Waals surface area contributed by atoms with Crippen molar-refractivity contribution in [3.8, 4) is 0 Å². The summed E-state index contributed by atoms with van der Waals surface area (Å²) in [5.41, 5.74) is 3.07. The first-order chi connectivity index (χ1) is 9.79. The summed E-state index contributed by atoms with van der Waals surface area (Å²) in [5.74, 6) is 0.0952. The van der Waals surface area contributed by atoms with E-state index in [1.165, 1.54) is 5.56 Å². The normalized spacial score (nSPS) is 21.9. The molecule has 1 aromatic rings. The second-order valence-corrected chi connectivity index (χ2v) is 5.64. The van der Waals surface area contributed by atoms with E-state index in [4.69, 9.17) is 9.84 Å². The van der Waals surface area contributed by atoms with Gasteiger partial charge >= 0.3 is 0 Å². The molecule has 1 fully saturated rings. The van der Waals surface area contributed by atoms with Gasteiger partial charge in [-0.3, -0.25) is 4.79 Å². The van der Waals surface area contributed by atoms with Crippen molar-refractivity contribution in [2.75, 3.05) is 13.2 Å². The van der Waals surface area contributed by atoms with Gasteiger partial charge in [0.25, 0.3) is 5.91 Å². The second kappa shape index (κ2) is 5.94. The summed E-state index contributed by atoms with van der Waals surface area (Å²) in [6.07, 6.45) is 3.88. The molecule has 4 heteroatoms. The Labute approximate surface area is 119 Å². The first-order valence-electron chi connectivity index (χ1n) is 7.41. The first-order valence-corrected chi connectivity index (χ1v) is 7.41. The molecule has 0 spiro atoms. The van der Waals surface area contributed by atoms with Crippen LogP contribution in [0.4, 0.5) is 0 Å². The highest BCUT2D eigenvalue weighted by atomic mass is 16.5. The summed E-state index contributed by atoms with van der Waals surface area (Å²) in [5, 5.41) is 9.16. The maximum atomic E-state index is 12.7. The van der Waals surface area contributed by atoms with Crippen molar-refractivity contribution >= 4 is 5.91 Å². The number of piperidine rings is 1. The molecule has 3 rings (SSSR count). The number of nitrogens with zero attached hydrogens (tertiary/aromatic N) is 1. The van der Waals surface area contributed by atoms with Crippen LogP contribution in [-0.2, 0) is 18.0 Å². The third-order valence-electron chi connectivity index (χ3n) is 4.32. The van der Waals surface area contributed by atoms with Gasteiger partial charge in [-0.25, -0.2) is 0 Å². The number of fused-ring (bicyclic) bond motifs is 1. The van der Waals surface area contributed by atoms with Crippen LogP contribution in [0.25, 0.3) is 0 Å². The molecule has 108 valence electrons. The van der Waals surface area contributed by atoms with E-state index in [0.29, 0.717) is 19.6 Å². The standard InChI is InChI=1S/C16H21NO3/c18-8-6-15-3-1-2-7-17(15)16(19)12-4-5-13-10-20-11-14(13)9-12/h4-5,9,15,18H,1-3,6-8,10-11H2. The molecule has 0 bridgehead atoms. The molecule has 2 aliphatic heterocycles. The van der Waals surface area contributed by atoms with Gasteiger partial charge in [-0.2, -0.15) is 0 Å². The molecular weight excluding hydrogens is 254 g/mol. The van der Waals surface area contributed by atoms with Gasteiger partial charge in [0.1, 0.15) is 0 Å². The molecule has 1 amide bonds. The fourth-order valence-electron chi connectivity index (χ4n) is 3.19. The van der Waals surface area contributed by atoms with Crippen molar-refractivity contribution < 1.29 is 14.6 Å². The summed E-state index contributed by atoms with van der Waals surface area (Å²) in [6.45, 7) is 2.21. The van der Waals surface area contributed by atoms with Gasteiger partial charge in [-0.1, -0.05) is 6.07 Å². The van der Waals surface area contributed by atoms with Gasteiger partial charge in [0, 0.05) is 24.8 Å². The number of hydrogen-bond acceptors (Lipinski definition) is 3. The van der Waals surface area contributed by atoms with E-state index < -0.39 is 0 Å². The molecule has 1 aromatic carbocycles. The molecule has 0 aromatic heterocycles. The van der Waals surface area contributed by atoms with Crippen molar-refractivity contribution in [2.45, 2.75) is 44.9 Å². The SMILES string of the molecule is O=C(c1ccc2c(c1)COC2)N1CCCCC1CCO. The Morgan fingerprint density at radius 3 is 3.00 bits per heavy atom. The molecule has 0 saturated carbocycles. The largest absolute Gasteiger partial charge is 0.396 e. The van der Waals surface area contributed by atoms with Crippen LogP contribution in [0.3, 0.4) is 0 Å². The number of likely N-dealkylation sites (tertiary alicyclic amines) is 1. The summed E-state index contributed by atoms with van der Waals surface area (Å²) in [4.78, 5) is 14.6. The third-order valence-corrected chi connectivity index (χ3v) is 4.32. The Morgan fingerprint density at radius 2 is 2.15 bits per heavy atom. The lowest BCUT2D eigenvalue weighted by Gasteiger charge is -2.35. The molecule has 0 radical (unpaired) electrons. The average Bonchev–Trinajstić information content (AvgIpc) is 2.95. The van der Waals surface area contributed by atoms with Crippen molar-refractivity contribution in [3.05, 3.63) is 34.9 Å². The van der Waals surface area contributed by atoms with Gasteiger partial charge < -0.3 is 14.7 Å². The second-order valence-electron chi connectivity index (χ2n) is 5.64. The Balaban J connectivity index is 1.80. The van der Waals surface area contributed by atoms with E-state index in [1.54, 1.807) is 0 Å². The van der Waals surface area contributed by atoms with Crippen LogP contribution in [0.5, 0.6) is 0 Å². The van der Waals surface area contributed by atoms with Crippen LogP contribution in [0.1, 0.15) is 47.2 Å². The number of aliphatic hydroxyl groups excluding tert-OH is 1. The lowest BCUT2D eigenvalue weighted by molar-refractivity contribution is 0.0574. The van der Waals surface area contributed by atoms with Crippen molar-refractivity contribution in [2.24, 2.45) is 0 Å². The number of ether oxygens (including phenoxy) is 1. The minimum atomic E-state index is 0.0952. The molecule has 4 nitrogen and oxygen atoms in total. The van der Waals surface area contributed by atoms with Crippen molar-refractivity contribution in [3.63, 3.8) is 0 Å². The van der Waals surface area contributed by atoms with E-state index in [0.717, 1.165) is 36.9 Å². The molecule has 0 aliphatic carbocycles. The van der Waals surface area contributed by atoms with E-state index >= 15 is 0 Å². The zero-order valence-electron chi connectivity index (χ0n) is 11.7. The number of benzene rings is 1. The highest BCUT2D eigenvalue weighted by Crippen LogP contribution is 2.25. The molecule has 20 heavy (non-hydrogen) atoms. The van der Waals surface area contributed by atoms with Crippen LogP contribution in [0.2, 0.25) is 0 Å². The van der Waals surface area contributed by atoms with Gasteiger partial charge in [0.2, 0.25) is 0 Å². The van der Waals surface area contributed by atoms with E-state index in [-0.39, 0.29) is 18.6 Å². The van der Waals surface area contributed by atoms with Crippen molar-refractivity contribution in [1.82, 2.24) is 4.90 Å².